The van der Waals surface area contributed by atoms with E-state index in [4.69, 9.17) is 16.5 Å². The molecule has 0 amide bonds. The van der Waals surface area contributed by atoms with Crippen LogP contribution >= 0.6 is 0 Å². The summed E-state index contributed by atoms with van der Waals surface area (Å²) in [6.45, 7) is 16.4. The van der Waals surface area contributed by atoms with Gasteiger partial charge < -0.3 is 21.3 Å². The van der Waals surface area contributed by atoms with E-state index in [0.29, 0.717) is 0 Å². The lowest BCUT2D eigenvalue weighted by Gasteiger charge is -2.47. The first-order chi connectivity index (χ1) is 8.74. The summed E-state index contributed by atoms with van der Waals surface area (Å²) in [5.74, 6) is 0. The SMILES string of the molecule is C[SiH](O)CC[Si]1(C)O[Si](C)(C)O[Si](C)(C)O[Si](C)(C)O1. The Bertz CT molecular complexity index is 325. The third-order valence-electron chi connectivity index (χ3n) is 2.92. The molecule has 120 valence electrons. The summed E-state index contributed by atoms with van der Waals surface area (Å²) in [5, 5.41) is 0. The molecule has 10 heteroatoms. The van der Waals surface area contributed by atoms with Gasteiger partial charge in [0, 0.05) is 0 Å². The minimum atomic E-state index is -2.34. The zero-order valence-electron chi connectivity index (χ0n) is 14.1. The molecule has 0 bridgehead atoms. The second-order valence-corrected chi connectivity index (χ2v) is 23.8. The Balaban J connectivity index is 2.96. The second-order valence-electron chi connectivity index (χ2n) is 7.13. The molecule has 1 N–H and O–H groups in total. The number of rotatable bonds is 3. The number of hydrogen-bond donors (Lipinski definition) is 1. The van der Waals surface area contributed by atoms with Crippen molar-refractivity contribution in [1.82, 2.24) is 0 Å². The van der Waals surface area contributed by atoms with Crippen molar-refractivity contribution in [1.29, 1.82) is 0 Å². The molecule has 1 rings (SSSR count). The van der Waals surface area contributed by atoms with Gasteiger partial charge in [0.2, 0.25) is 0 Å². The highest BCUT2D eigenvalue weighted by atomic mass is 28.5. The molecule has 0 saturated carbocycles. The maximum Gasteiger partial charge on any atom is 0.317 e. The Hall–Kier alpha value is 0.884. The van der Waals surface area contributed by atoms with Crippen LogP contribution in [0.1, 0.15) is 0 Å². The second kappa shape index (κ2) is 6.18. The molecule has 1 heterocycles. The van der Waals surface area contributed by atoms with Crippen molar-refractivity contribution in [3.63, 3.8) is 0 Å². The fraction of sp³-hybridized carbons (Fsp3) is 1.00. The summed E-state index contributed by atoms with van der Waals surface area (Å²) in [6, 6.07) is 1.66. The monoisotopic (exact) mass is 370 g/mol. The van der Waals surface area contributed by atoms with E-state index in [1.807, 2.05) is 6.55 Å². The minimum Gasteiger partial charge on any atom is -0.435 e. The lowest BCUT2D eigenvalue weighted by molar-refractivity contribution is 0.235. The highest BCUT2D eigenvalue weighted by molar-refractivity contribution is 6.93. The maximum absolute atomic E-state index is 9.68. The molecule has 0 aromatic heterocycles. The van der Waals surface area contributed by atoms with E-state index in [9.17, 15) is 4.80 Å². The molecule has 20 heavy (non-hydrogen) atoms. The Kier molecular flexibility index (Phi) is 5.85. The normalized spacial score (nSPS) is 29.2. The summed E-state index contributed by atoms with van der Waals surface area (Å²) >= 11 is 0. The largest absolute Gasteiger partial charge is 0.435 e. The Morgan fingerprint density at radius 2 is 1.10 bits per heavy atom. The van der Waals surface area contributed by atoms with Crippen LogP contribution in [-0.4, -0.2) is 48.1 Å². The van der Waals surface area contributed by atoms with Crippen molar-refractivity contribution < 1.29 is 21.3 Å². The summed E-state index contributed by atoms with van der Waals surface area (Å²) in [5.41, 5.74) is 0. The molecule has 0 aliphatic carbocycles. The van der Waals surface area contributed by atoms with E-state index in [2.05, 4.69) is 45.8 Å². The van der Waals surface area contributed by atoms with Gasteiger partial charge in [-0.3, -0.25) is 0 Å². The van der Waals surface area contributed by atoms with Crippen LogP contribution in [0.25, 0.3) is 0 Å². The van der Waals surface area contributed by atoms with Crippen LogP contribution < -0.4 is 0 Å². The van der Waals surface area contributed by atoms with E-state index >= 15 is 0 Å². The average molecular weight is 371 g/mol. The Morgan fingerprint density at radius 3 is 1.45 bits per heavy atom. The Labute approximate surface area is 129 Å². The third-order valence-corrected chi connectivity index (χ3v) is 21.1. The van der Waals surface area contributed by atoms with Crippen LogP contribution in [0.4, 0.5) is 0 Å². The molecule has 1 unspecified atom stereocenters. The molecule has 0 aromatic carbocycles. The van der Waals surface area contributed by atoms with Crippen LogP contribution in [0.5, 0.6) is 0 Å². The van der Waals surface area contributed by atoms with Crippen LogP contribution in [0.3, 0.4) is 0 Å². The molecule has 0 radical (unpaired) electrons. The smallest absolute Gasteiger partial charge is 0.317 e. The van der Waals surface area contributed by atoms with Crippen molar-refractivity contribution in [2.45, 2.75) is 64.5 Å². The van der Waals surface area contributed by atoms with E-state index in [1.165, 1.54) is 0 Å². The van der Waals surface area contributed by atoms with Crippen LogP contribution in [0.2, 0.25) is 64.5 Å². The van der Waals surface area contributed by atoms with Crippen molar-refractivity contribution in [3.05, 3.63) is 0 Å². The van der Waals surface area contributed by atoms with Crippen LogP contribution in [0.15, 0.2) is 0 Å². The summed E-state index contributed by atoms with van der Waals surface area (Å²) in [7, 11) is -10.6. The molecule has 5 nitrogen and oxygen atoms in total. The molecule has 0 spiro atoms. The predicted octanol–water partition coefficient (Wildman–Crippen LogP) is 2.59. The topological polar surface area (TPSA) is 57.2 Å². The van der Waals surface area contributed by atoms with Crippen molar-refractivity contribution >= 4 is 43.3 Å². The summed E-state index contributed by atoms with van der Waals surface area (Å²) in [4.78, 5) is 9.68. The average Bonchev–Trinajstić information content (AvgIpc) is 2.06. The van der Waals surface area contributed by atoms with Gasteiger partial charge >= 0.3 is 34.2 Å². The van der Waals surface area contributed by atoms with Gasteiger partial charge in [0.05, 0.1) is 0 Å². The molecule has 1 atom stereocenters. The molecule has 1 aliphatic heterocycles. The Morgan fingerprint density at radius 1 is 0.750 bits per heavy atom. The fourth-order valence-electron chi connectivity index (χ4n) is 2.88. The maximum atomic E-state index is 9.68. The lowest BCUT2D eigenvalue weighted by atomic mass is 10.9. The van der Waals surface area contributed by atoms with Crippen molar-refractivity contribution in [2.24, 2.45) is 0 Å². The van der Waals surface area contributed by atoms with Gasteiger partial charge in [-0.1, -0.05) is 0 Å². The highest BCUT2D eigenvalue weighted by Gasteiger charge is 2.52. The quantitative estimate of drug-likeness (QED) is 0.774. The van der Waals surface area contributed by atoms with Gasteiger partial charge in [0.1, 0.15) is 0 Å². The van der Waals surface area contributed by atoms with Gasteiger partial charge in [-0.25, -0.2) is 0 Å². The molecule has 1 aliphatic rings. The molecule has 1 saturated heterocycles. The summed E-state index contributed by atoms with van der Waals surface area (Å²) < 4.78 is 25.4. The summed E-state index contributed by atoms with van der Waals surface area (Å²) in [6.07, 6.45) is 0. The molecular formula is C10H30O5Si5. The standard InChI is InChI=1S/C10H30O5Si5/c1-16(11)9-10-20(8)14-18(4,5)12-17(2,3)13-19(6,7)15-20/h11,16H,9-10H2,1-8H3. The molecule has 1 fully saturated rings. The third kappa shape index (κ3) is 6.33. The van der Waals surface area contributed by atoms with Gasteiger partial charge in [0.15, 0.2) is 9.04 Å². The first kappa shape index (κ1) is 18.9. The van der Waals surface area contributed by atoms with E-state index in [1.54, 1.807) is 0 Å². The van der Waals surface area contributed by atoms with Crippen molar-refractivity contribution in [2.75, 3.05) is 0 Å². The van der Waals surface area contributed by atoms with Crippen LogP contribution in [0, 0.1) is 0 Å². The van der Waals surface area contributed by atoms with Gasteiger partial charge in [0.25, 0.3) is 0 Å². The van der Waals surface area contributed by atoms with E-state index in [0.717, 1.165) is 12.1 Å². The van der Waals surface area contributed by atoms with Gasteiger partial charge in [-0.2, -0.15) is 0 Å². The van der Waals surface area contributed by atoms with E-state index in [-0.39, 0.29) is 0 Å². The number of hydrogen-bond acceptors (Lipinski definition) is 5. The molecular weight excluding hydrogens is 341 g/mol. The highest BCUT2D eigenvalue weighted by Crippen LogP contribution is 2.33. The molecule has 0 aromatic rings. The zero-order chi connectivity index (χ0) is 15.8. The zero-order valence-corrected chi connectivity index (χ0v) is 19.2. The van der Waals surface area contributed by atoms with Gasteiger partial charge in [-0.05, 0) is 64.5 Å². The van der Waals surface area contributed by atoms with Crippen LogP contribution in [-0.2, 0) is 16.5 Å². The minimum absolute atomic E-state index is 0.832. The predicted molar refractivity (Wildman–Crippen MR) is 93.2 cm³/mol. The van der Waals surface area contributed by atoms with Crippen molar-refractivity contribution in [3.8, 4) is 0 Å². The first-order valence-electron chi connectivity index (χ1n) is 7.23. The lowest BCUT2D eigenvalue weighted by Crippen LogP contribution is -2.65. The first-order valence-corrected chi connectivity index (χ1v) is 20.7. The van der Waals surface area contributed by atoms with Gasteiger partial charge in [-0.15, -0.1) is 0 Å². The van der Waals surface area contributed by atoms with E-state index < -0.39 is 43.3 Å². The fourth-order valence-corrected chi connectivity index (χ4v) is 27.4.